The lowest BCUT2D eigenvalue weighted by Gasteiger charge is -2.40. The molecule has 0 spiro atoms. The number of hydrogen-bond donors (Lipinski definition) is 1. The average molecular weight is 231 g/mol. The first kappa shape index (κ1) is 13.3. The minimum atomic E-state index is -0.457. The number of ether oxygens (including phenoxy) is 2. The normalized spacial score (nSPS) is 19.2. The molecule has 1 atom stereocenters. The molecule has 1 N–H and O–H groups in total. The summed E-state index contributed by atoms with van der Waals surface area (Å²) in [6.07, 6.45) is -0.454. The highest BCUT2D eigenvalue weighted by Crippen LogP contribution is 2.17. The molecule has 0 saturated carbocycles. The summed E-state index contributed by atoms with van der Waals surface area (Å²) in [5, 5.41) is 8.80. The average Bonchev–Trinajstić information content (AvgIpc) is 2.06. The summed E-state index contributed by atoms with van der Waals surface area (Å²) in [4.78, 5) is 13.1. The summed E-state index contributed by atoms with van der Waals surface area (Å²) >= 11 is 0. The molecule has 0 unspecified atom stereocenters. The Hall–Kier alpha value is -0.810. The smallest absolute Gasteiger partial charge is 0.410 e. The molecule has 0 bridgehead atoms. The van der Waals surface area contributed by atoms with Crippen LogP contribution in [-0.2, 0) is 9.47 Å². The van der Waals surface area contributed by atoms with Crippen molar-refractivity contribution in [3.8, 4) is 0 Å². The SMILES string of the molecule is C[C@H](CO)OC1CN(C(=O)OC(C)(C)C)C1. The molecule has 94 valence electrons. The number of carbonyl (C=O) groups is 1. The summed E-state index contributed by atoms with van der Waals surface area (Å²) in [5.41, 5.74) is -0.457. The van der Waals surface area contributed by atoms with Gasteiger partial charge in [0, 0.05) is 0 Å². The number of hydrogen-bond acceptors (Lipinski definition) is 4. The van der Waals surface area contributed by atoms with Crippen molar-refractivity contribution in [2.45, 2.75) is 45.5 Å². The van der Waals surface area contributed by atoms with Crippen LogP contribution >= 0.6 is 0 Å². The van der Waals surface area contributed by atoms with E-state index < -0.39 is 5.60 Å². The van der Waals surface area contributed by atoms with Crippen LogP contribution in [0.2, 0.25) is 0 Å². The first-order valence-electron chi connectivity index (χ1n) is 5.56. The molecule has 5 heteroatoms. The van der Waals surface area contributed by atoms with Crippen LogP contribution < -0.4 is 0 Å². The number of aliphatic hydroxyl groups excluding tert-OH is 1. The second kappa shape index (κ2) is 5.01. The van der Waals surface area contributed by atoms with Crippen LogP contribution in [0, 0.1) is 0 Å². The fourth-order valence-electron chi connectivity index (χ4n) is 1.37. The van der Waals surface area contributed by atoms with E-state index in [0.717, 1.165) is 0 Å². The van der Waals surface area contributed by atoms with Crippen molar-refractivity contribution in [2.24, 2.45) is 0 Å². The van der Waals surface area contributed by atoms with E-state index in [9.17, 15) is 4.79 Å². The van der Waals surface area contributed by atoms with Crippen LogP contribution in [0.15, 0.2) is 0 Å². The zero-order valence-electron chi connectivity index (χ0n) is 10.4. The molecule has 0 aromatic carbocycles. The van der Waals surface area contributed by atoms with Gasteiger partial charge in [0.15, 0.2) is 0 Å². The minimum absolute atomic E-state index is 0.00291. The standard InChI is InChI=1S/C11H21NO4/c1-8(7-13)15-9-5-12(6-9)10(14)16-11(2,3)4/h8-9,13H,5-7H2,1-4H3/t8-/m1/s1. The summed E-state index contributed by atoms with van der Waals surface area (Å²) in [6.45, 7) is 8.41. The number of rotatable bonds is 3. The third-order valence-corrected chi connectivity index (χ3v) is 2.18. The van der Waals surface area contributed by atoms with E-state index >= 15 is 0 Å². The van der Waals surface area contributed by atoms with Gasteiger partial charge in [-0.1, -0.05) is 0 Å². The molecule has 1 rings (SSSR count). The molecule has 0 aromatic heterocycles. The van der Waals surface area contributed by atoms with Gasteiger partial charge in [0.2, 0.25) is 0 Å². The van der Waals surface area contributed by atoms with Crippen LogP contribution in [-0.4, -0.2) is 53.6 Å². The number of carbonyl (C=O) groups excluding carboxylic acids is 1. The molecule has 16 heavy (non-hydrogen) atoms. The molecule has 1 amide bonds. The Kier molecular flexibility index (Phi) is 4.15. The molecule has 1 saturated heterocycles. The van der Waals surface area contributed by atoms with E-state index in [2.05, 4.69) is 0 Å². The predicted molar refractivity (Wildman–Crippen MR) is 59.2 cm³/mol. The van der Waals surface area contributed by atoms with Gasteiger partial charge >= 0.3 is 6.09 Å². The first-order chi connectivity index (χ1) is 7.31. The van der Waals surface area contributed by atoms with Gasteiger partial charge in [-0.25, -0.2) is 4.79 Å². The van der Waals surface area contributed by atoms with E-state index in [0.29, 0.717) is 13.1 Å². The predicted octanol–water partition coefficient (Wildman–Crippen LogP) is 1.00. The lowest BCUT2D eigenvalue weighted by Crippen LogP contribution is -2.56. The van der Waals surface area contributed by atoms with E-state index in [1.807, 2.05) is 20.8 Å². The Morgan fingerprint density at radius 3 is 2.50 bits per heavy atom. The maximum Gasteiger partial charge on any atom is 0.410 e. The van der Waals surface area contributed by atoms with Gasteiger partial charge in [0.05, 0.1) is 31.9 Å². The maximum atomic E-state index is 11.5. The molecule has 1 heterocycles. The lowest BCUT2D eigenvalue weighted by molar-refractivity contribution is -0.0989. The zero-order chi connectivity index (χ0) is 12.3. The van der Waals surface area contributed by atoms with Crippen LogP contribution in [0.4, 0.5) is 4.79 Å². The molecular weight excluding hydrogens is 210 g/mol. The van der Waals surface area contributed by atoms with Crippen molar-refractivity contribution in [3.63, 3.8) is 0 Å². The Morgan fingerprint density at radius 2 is 2.06 bits per heavy atom. The number of likely N-dealkylation sites (tertiary alicyclic amines) is 1. The maximum absolute atomic E-state index is 11.5. The van der Waals surface area contributed by atoms with Crippen molar-refractivity contribution < 1.29 is 19.4 Å². The highest BCUT2D eigenvalue weighted by atomic mass is 16.6. The quantitative estimate of drug-likeness (QED) is 0.787. The Bertz CT molecular complexity index is 243. The van der Waals surface area contributed by atoms with Crippen LogP contribution in [0.25, 0.3) is 0 Å². The van der Waals surface area contributed by atoms with Crippen LogP contribution in [0.1, 0.15) is 27.7 Å². The third-order valence-electron chi connectivity index (χ3n) is 2.18. The third kappa shape index (κ3) is 3.98. The molecule has 1 fully saturated rings. The number of amides is 1. The largest absolute Gasteiger partial charge is 0.444 e. The van der Waals surface area contributed by atoms with Crippen molar-refractivity contribution >= 4 is 6.09 Å². The Morgan fingerprint density at radius 1 is 1.50 bits per heavy atom. The molecule has 1 aliphatic heterocycles. The fraction of sp³-hybridized carbons (Fsp3) is 0.909. The van der Waals surface area contributed by atoms with Crippen molar-refractivity contribution in [1.82, 2.24) is 4.90 Å². The van der Waals surface area contributed by atoms with Gasteiger partial charge in [-0.05, 0) is 27.7 Å². The van der Waals surface area contributed by atoms with E-state index in [1.165, 1.54) is 0 Å². The topological polar surface area (TPSA) is 59.0 Å². The van der Waals surface area contributed by atoms with Gasteiger partial charge in [-0.3, -0.25) is 0 Å². The first-order valence-corrected chi connectivity index (χ1v) is 5.56. The zero-order valence-corrected chi connectivity index (χ0v) is 10.4. The van der Waals surface area contributed by atoms with Crippen molar-refractivity contribution in [3.05, 3.63) is 0 Å². The highest BCUT2D eigenvalue weighted by molar-refractivity contribution is 5.69. The Balaban J connectivity index is 2.23. The van der Waals surface area contributed by atoms with E-state index in [4.69, 9.17) is 14.6 Å². The molecule has 0 radical (unpaired) electrons. The lowest BCUT2D eigenvalue weighted by atomic mass is 10.1. The van der Waals surface area contributed by atoms with E-state index in [-0.39, 0.29) is 24.9 Å². The van der Waals surface area contributed by atoms with Gasteiger partial charge in [-0.2, -0.15) is 0 Å². The van der Waals surface area contributed by atoms with E-state index in [1.54, 1.807) is 11.8 Å². The molecule has 1 aliphatic rings. The number of aliphatic hydroxyl groups is 1. The van der Waals surface area contributed by atoms with Gasteiger partial charge < -0.3 is 19.5 Å². The molecule has 5 nitrogen and oxygen atoms in total. The Labute approximate surface area is 96.3 Å². The van der Waals surface area contributed by atoms with Crippen LogP contribution in [0.3, 0.4) is 0 Å². The monoisotopic (exact) mass is 231 g/mol. The minimum Gasteiger partial charge on any atom is -0.444 e. The van der Waals surface area contributed by atoms with Crippen molar-refractivity contribution in [1.29, 1.82) is 0 Å². The molecule has 0 aliphatic carbocycles. The fourth-order valence-corrected chi connectivity index (χ4v) is 1.37. The summed E-state index contributed by atoms with van der Waals surface area (Å²) < 4.78 is 10.6. The second-order valence-electron chi connectivity index (χ2n) is 5.14. The molecular formula is C11H21NO4. The van der Waals surface area contributed by atoms with Crippen molar-refractivity contribution in [2.75, 3.05) is 19.7 Å². The van der Waals surface area contributed by atoms with Gasteiger partial charge in [0.1, 0.15) is 5.60 Å². The highest BCUT2D eigenvalue weighted by Gasteiger charge is 2.34. The van der Waals surface area contributed by atoms with Gasteiger partial charge in [-0.15, -0.1) is 0 Å². The summed E-state index contributed by atoms with van der Waals surface area (Å²) in [5.74, 6) is 0. The number of nitrogens with zero attached hydrogens (tertiary/aromatic N) is 1. The van der Waals surface area contributed by atoms with Gasteiger partial charge in [0.25, 0.3) is 0 Å². The van der Waals surface area contributed by atoms with Crippen LogP contribution in [0.5, 0.6) is 0 Å². The summed E-state index contributed by atoms with van der Waals surface area (Å²) in [7, 11) is 0. The summed E-state index contributed by atoms with van der Waals surface area (Å²) in [6, 6.07) is 0. The second-order valence-corrected chi connectivity index (χ2v) is 5.14. The molecule has 0 aromatic rings.